The number of nitrogens with zero attached hydrogens (tertiary/aromatic N) is 4. The third kappa shape index (κ3) is 3.67. The molecule has 4 rings (SSSR count). The number of hydrogen-bond donors (Lipinski definition) is 0. The summed E-state index contributed by atoms with van der Waals surface area (Å²) in [6, 6.07) is 21.8. The lowest BCUT2D eigenvalue weighted by atomic mass is 10.1. The largest absolute Gasteiger partial charge is 0.352 e. The van der Waals surface area contributed by atoms with Crippen LogP contribution in [0.3, 0.4) is 0 Å². The van der Waals surface area contributed by atoms with Crippen molar-refractivity contribution in [3.8, 4) is 11.3 Å². The van der Waals surface area contributed by atoms with Crippen LogP contribution in [0.15, 0.2) is 66.7 Å². The van der Waals surface area contributed by atoms with Crippen molar-refractivity contribution in [2.75, 3.05) is 31.1 Å². The number of anilines is 1. The lowest BCUT2D eigenvalue weighted by molar-refractivity contribution is 0.0745. The van der Waals surface area contributed by atoms with Crippen LogP contribution in [0.25, 0.3) is 11.3 Å². The van der Waals surface area contributed by atoms with Gasteiger partial charge in [-0.2, -0.15) is 0 Å². The molecule has 0 aliphatic carbocycles. The molecule has 0 spiro atoms. The van der Waals surface area contributed by atoms with Crippen molar-refractivity contribution >= 4 is 11.7 Å². The standard InChI is InChI=1S/C22H22N4O/c1-17-7-5-6-10-19(17)22(27)26-15-13-25(14-16-26)21-12-11-20(23-24-21)18-8-3-2-4-9-18/h2-12H,13-16H2,1H3. The fourth-order valence-electron chi connectivity index (χ4n) is 3.38. The summed E-state index contributed by atoms with van der Waals surface area (Å²) >= 11 is 0. The lowest BCUT2D eigenvalue weighted by Crippen LogP contribution is -2.49. The van der Waals surface area contributed by atoms with Gasteiger partial charge < -0.3 is 9.80 Å². The van der Waals surface area contributed by atoms with Gasteiger partial charge in [-0.05, 0) is 30.7 Å². The Hall–Kier alpha value is -3.21. The first-order chi connectivity index (χ1) is 13.2. The van der Waals surface area contributed by atoms with Gasteiger partial charge in [0, 0.05) is 37.3 Å². The zero-order chi connectivity index (χ0) is 18.6. The smallest absolute Gasteiger partial charge is 0.254 e. The van der Waals surface area contributed by atoms with Crippen LogP contribution in [0, 0.1) is 6.92 Å². The summed E-state index contributed by atoms with van der Waals surface area (Å²) in [7, 11) is 0. The molecular weight excluding hydrogens is 336 g/mol. The Morgan fingerprint density at radius 2 is 1.52 bits per heavy atom. The third-order valence-corrected chi connectivity index (χ3v) is 4.99. The molecule has 0 N–H and O–H groups in total. The van der Waals surface area contributed by atoms with E-state index < -0.39 is 0 Å². The van der Waals surface area contributed by atoms with E-state index in [1.807, 2.05) is 78.6 Å². The first kappa shape index (κ1) is 17.2. The maximum atomic E-state index is 12.7. The topological polar surface area (TPSA) is 49.3 Å². The van der Waals surface area contributed by atoms with E-state index in [0.717, 1.165) is 41.3 Å². The Balaban J connectivity index is 1.41. The van der Waals surface area contributed by atoms with Crippen LogP contribution in [0.1, 0.15) is 15.9 Å². The van der Waals surface area contributed by atoms with Gasteiger partial charge in [-0.3, -0.25) is 4.79 Å². The Morgan fingerprint density at radius 3 is 2.19 bits per heavy atom. The molecule has 1 aromatic heterocycles. The summed E-state index contributed by atoms with van der Waals surface area (Å²) in [6.07, 6.45) is 0. The van der Waals surface area contributed by atoms with Gasteiger partial charge >= 0.3 is 0 Å². The molecule has 1 saturated heterocycles. The molecular formula is C22H22N4O. The fourth-order valence-corrected chi connectivity index (χ4v) is 3.38. The summed E-state index contributed by atoms with van der Waals surface area (Å²) in [6.45, 7) is 4.88. The first-order valence-corrected chi connectivity index (χ1v) is 9.21. The average molecular weight is 358 g/mol. The first-order valence-electron chi connectivity index (χ1n) is 9.21. The van der Waals surface area contributed by atoms with Crippen molar-refractivity contribution in [2.24, 2.45) is 0 Å². The van der Waals surface area contributed by atoms with E-state index in [4.69, 9.17) is 0 Å². The van der Waals surface area contributed by atoms with Gasteiger partial charge in [0.1, 0.15) is 0 Å². The van der Waals surface area contributed by atoms with Crippen molar-refractivity contribution in [3.05, 3.63) is 77.9 Å². The Bertz CT molecular complexity index is 917. The van der Waals surface area contributed by atoms with Crippen LogP contribution in [-0.4, -0.2) is 47.2 Å². The van der Waals surface area contributed by atoms with Gasteiger partial charge in [-0.15, -0.1) is 10.2 Å². The van der Waals surface area contributed by atoms with Crippen LogP contribution in [0.5, 0.6) is 0 Å². The van der Waals surface area contributed by atoms with E-state index in [1.54, 1.807) is 0 Å². The fraction of sp³-hybridized carbons (Fsp3) is 0.227. The normalized spacial score (nSPS) is 14.3. The van der Waals surface area contributed by atoms with Crippen LogP contribution >= 0.6 is 0 Å². The van der Waals surface area contributed by atoms with E-state index >= 15 is 0 Å². The quantitative estimate of drug-likeness (QED) is 0.720. The van der Waals surface area contributed by atoms with E-state index in [2.05, 4.69) is 15.1 Å². The van der Waals surface area contributed by atoms with Crippen LogP contribution in [0.2, 0.25) is 0 Å². The van der Waals surface area contributed by atoms with Gasteiger partial charge in [0.25, 0.3) is 5.91 Å². The van der Waals surface area contributed by atoms with Gasteiger partial charge in [-0.25, -0.2) is 0 Å². The molecule has 1 fully saturated rings. The SMILES string of the molecule is Cc1ccccc1C(=O)N1CCN(c2ccc(-c3ccccc3)nn2)CC1. The highest BCUT2D eigenvalue weighted by atomic mass is 16.2. The van der Waals surface area contributed by atoms with Crippen LogP contribution < -0.4 is 4.90 Å². The number of amides is 1. The number of aryl methyl sites for hydroxylation is 1. The van der Waals surface area contributed by atoms with E-state index in [9.17, 15) is 4.79 Å². The molecule has 136 valence electrons. The number of piperazine rings is 1. The molecule has 0 atom stereocenters. The molecule has 1 aliphatic heterocycles. The van der Waals surface area contributed by atoms with Gasteiger partial charge in [0.15, 0.2) is 5.82 Å². The predicted molar refractivity (Wildman–Crippen MR) is 107 cm³/mol. The van der Waals surface area contributed by atoms with Gasteiger partial charge in [0.2, 0.25) is 0 Å². The van der Waals surface area contributed by atoms with Crippen LogP contribution in [0.4, 0.5) is 5.82 Å². The maximum Gasteiger partial charge on any atom is 0.254 e. The molecule has 1 aliphatic rings. The Morgan fingerprint density at radius 1 is 0.815 bits per heavy atom. The second kappa shape index (κ2) is 7.58. The highest BCUT2D eigenvalue weighted by Gasteiger charge is 2.23. The zero-order valence-corrected chi connectivity index (χ0v) is 15.4. The number of rotatable bonds is 3. The van der Waals surface area contributed by atoms with Crippen molar-refractivity contribution in [2.45, 2.75) is 6.92 Å². The average Bonchev–Trinajstić information content (AvgIpc) is 2.74. The molecule has 0 bridgehead atoms. The molecule has 3 aromatic rings. The number of hydrogen-bond acceptors (Lipinski definition) is 4. The lowest BCUT2D eigenvalue weighted by Gasteiger charge is -2.35. The van der Waals surface area contributed by atoms with Crippen molar-refractivity contribution in [1.29, 1.82) is 0 Å². The molecule has 27 heavy (non-hydrogen) atoms. The molecule has 5 heteroatoms. The minimum Gasteiger partial charge on any atom is -0.352 e. The third-order valence-electron chi connectivity index (χ3n) is 4.99. The number of carbonyl (C=O) groups is 1. The Labute approximate surface area is 159 Å². The molecule has 2 heterocycles. The highest BCUT2D eigenvalue weighted by molar-refractivity contribution is 5.95. The second-order valence-electron chi connectivity index (χ2n) is 6.74. The summed E-state index contributed by atoms with van der Waals surface area (Å²) in [5, 5.41) is 8.76. The van der Waals surface area contributed by atoms with E-state index in [1.165, 1.54) is 0 Å². The summed E-state index contributed by atoms with van der Waals surface area (Å²) < 4.78 is 0. The monoisotopic (exact) mass is 358 g/mol. The van der Waals surface area contributed by atoms with Crippen LogP contribution in [-0.2, 0) is 0 Å². The van der Waals surface area contributed by atoms with Crippen molar-refractivity contribution in [3.63, 3.8) is 0 Å². The summed E-state index contributed by atoms with van der Waals surface area (Å²) in [5.74, 6) is 0.968. The maximum absolute atomic E-state index is 12.7. The zero-order valence-electron chi connectivity index (χ0n) is 15.4. The molecule has 5 nitrogen and oxygen atoms in total. The Kier molecular flexibility index (Phi) is 4.83. The molecule has 2 aromatic carbocycles. The number of aromatic nitrogens is 2. The van der Waals surface area contributed by atoms with Crippen molar-refractivity contribution in [1.82, 2.24) is 15.1 Å². The van der Waals surface area contributed by atoms with E-state index in [-0.39, 0.29) is 5.91 Å². The van der Waals surface area contributed by atoms with Gasteiger partial charge in [0.05, 0.1) is 5.69 Å². The summed E-state index contributed by atoms with van der Waals surface area (Å²) in [5.41, 5.74) is 3.74. The summed E-state index contributed by atoms with van der Waals surface area (Å²) in [4.78, 5) is 16.8. The van der Waals surface area contributed by atoms with Crippen molar-refractivity contribution < 1.29 is 4.79 Å². The number of benzene rings is 2. The minimum absolute atomic E-state index is 0.109. The second-order valence-corrected chi connectivity index (χ2v) is 6.74. The number of carbonyl (C=O) groups excluding carboxylic acids is 1. The van der Waals surface area contributed by atoms with E-state index in [0.29, 0.717) is 13.1 Å². The molecule has 0 radical (unpaired) electrons. The highest BCUT2D eigenvalue weighted by Crippen LogP contribution is 2.20. The molecule has 1 amide bonds. The molecule has 0 saturated carbocycles. The molecule has 0 unspecified atom stereocenters. The minimum atomic E-state index is 0.109. The van der Waals surface area contributed by atoms with Gasteiger partial charge in [-0.1, -0.05) is 48.5 Å². The predicted octanol–water partition coefficient (Wildman–Crippen LogP) is 3.41.